The van der Waals surface area contributed by atoms with Gasteiger partial charge in [-0.15, -0.1) is 0 Å². The zero-order valence-electron chi connectivity index (χ0n) is 11.5. The van der Waals surface area contributed by atoms with Gasteiger partial charge in [-0.3, -0.25) is 14.9 Å². The monoisotopic (exact) mass is 285 g/mol. The average Bonchev–Trinajstić information content (AvgIpc) is 2.48. The summed E-state index contributed by atoms with van der Waals surface area (Å²) in [7, 11) is 0. The van der Waals surface area contributed by atoms with E-state index in [4.69, 9.17) is 0 Å². The number of hydrogen-bond acceptors (Lipinski definition) is 4. The molecule has 6 heteroatoms. The molecule has 0 aliphatic heterocycles. The Morgan fingerprint density at radius 1 is 1.19 bits per heavy atom. The molecule has 0 aromatic heterocycles. The minimum absolute atomic E-state index is 0.113. The molecular formula is C15H15N3O3. The number of amides is 1. The van der Waals surface area contributed by atoms with Gasteiger partial charge in [0.25, 0.3) is 11.6 Å². The summed E-state index contributed by atoms with van der Waals surface area (Å²) in [5.41, 5.74) is 1.17. The van der Waals surface area contributed by atoms with Crippen molar-refractivity contribution in [3.05, 3.63) is 64.2 Å². The van der Waals surface area contributed by atoms with Crippen LogP contribution in [0.5, 0.6) is 0 Å². The van der Waals surface area contributed by atoms with Gasteiger partial charge in [-0.05, 0) is 31.2 Å². The number of nitrogens with zero attached hydrogens (tertiary/aromatic N) is 1. The minimum atomic E-state index is -0.503. The van der Waals surface area contributed by atoms with Crippen LogP contribution in [0.25, 0.3) is 0 Å². The zero-order valence-corrected chi connectivity index (χ0v) is 11.5. The van der Waals surface area contributed by atoms with Crippen molar-refractivity contribution in [3.63, 3.8) is 0 Å². The molecule has 0 saturated carbocycles. The minimum Gasteiger partial charge on any atom is -0.380 e. The molecule has 0 saturated heterocycles. The second-order valence-corrected chi connectivity index (χ2v) is 4.34. The lowest BCUT2D eigenvalue weighted by Gasteiger charge is -2.08. The molecule has 6 nitrogen and oxygen atoms in total. The number of anilines is 2. The number of nitro groups is 1. The van der Waals surface area contributed by atoms with E-state index in [9.17, 15) is 14.9 Å². The van der Waals surface area contributed by atoms with Gasteiger partial charge < -0.3 is 10.6 Å². The first kappa shape index (κ1) is 14.5. The van der Waals surface area contributed by atoms with E-state index in [1.165, 1.54) is 6.07 Å². The smallest absolute Gasteiger partial charge is 0.293 e. The molecule has 2 rings (SSSR count). The Hall–Kier alpha value is -2.89. The number of rotatable bonds is 5. The standard InChI is InChI=1S/C15H15N3O3/c1-2-16-13-9-8-11(10-14(13)18(20)21)15(19)17-12-6-4-3-5-7-12/h3-10,16H,2H2,1H3,(H,17,19). The topological polar surface area (TPSA) is 84.3 Å². The molecule has 2 aromatic carbocycles. The summed E-state index contributed by atoms with van der Waals surface area (Å²) in [4.78, 5) is 22.7. The van der Waals surface area contributed by atoms with E-state index in [1.807, 2.05) is 13.0 Å². The maximum absolute atomic E-state index is 12.1. The van der Waals surface area contributed by atoms with E-state index in [-0.39, 0.29) is 17.2 Å². The molecule has 0 heterocycles. The summed E-state index contributed by atoms with van der Waals surface area (Å²) in [6.07, 6.45) is 0. The van der Waals surface area contributed by atoms with Crippen LogP contribution in [0.4, 0.5) is 17.1 Å². The highest BCUT2D eigenvalue weighted by Crippen LogP contribution is 2.25. The molecule has 0 fully saturated rings. The van der Waals surface area contributed by atoms with Gasteiger partial charge >= 0.3 is 0 Å². The number of carbonyl (C=O) groups is 1. The molecule has 0 radical (unpaired) electrons. The lowest BCUT2D eigenvalue weighted by Crippen LogP contribution is -2.12. The van der Waals surface area contributed by atoms with Crippen molar-refractivity contribution in [2.24, 2.45) is 0 Å². The van der Waals surface area contributed by atoms with Crippen LogP contribution in [0.15, 0.2) is 48.5 Å². The van der Waals surface area contributed by atoms with E-state index in [0.29, 0.717) is 17.9 Å². The Morgan fingerprint density at radius 3 is 2.52 bits per heavy atom. The van der Waals surface area contributed by atoms with Gasteiger partial charge in [0.2, 0.25) is 0 Å². The van der Waals surface area contributed by atoms with Gasteiger partial charge in [-0.1, -0.05) is 18.2 Å². The van der Waals surface area contributed by atoms with Crippen LogP contribution in [0.2, 0.25) is 0 Å². The third kappa shape index (κ3) is 3.56. The van der Waals surface area contributed by atoms with Gasteiger partial charge in [0.15, 0.2) is 0 Å². The molecule has 0 atom stereocenters. The number of benzene rings is 2. The summed E-state index contributed by atoms with van der Waals surface area (Å²) >= 11 is 0. The number of nitro benzene ring substituents is 1. The van der Waals surface area contributed by atoms with E-state index in [1.54, 1.807) is 36.4 Å². The lowest BCUT2D eigenvalue weighted by atomic mass is 10.1. The van der Waals surface area contributed by atoms with Crippen LogP contribution < -0.4 is 10.6 Å². The molecule has 108 valence electrons. The van der Waals surface area contributed by atoms with Crippen LogP contribution in [-0.2, 0) is 0 Å². The van der Waals surface area contributed by atoms with Crippen molar-refractivity contribution in [1.29, 1.82) is 0 Å². The van der Waals surface area contributed by atoms with Crippen molar-refractivity contribution in [1.82, 2.24) is 0 Å². The molecule has 0 aliphatic rings. The van der Waals surface area contributed by atoms with E-state index >= 15 is 0 Å². The van der Waals surface area contributed by atoms with Crippen molar-refractivity contribution in [2.45, 2.75) is 6.92 Å². The van der Waals surface area contributed by atoms with Gasteiger partial charge in [0.05, 0.1) is 4.92 Å². The summed E-state index contributed by atoms with van der Waals surface area (Å²) in [6, 6.07) is 13.3. The van der Waals surface area contributed by atoms with E-state index in [0.717, 1.165) is 0 Å². The predicted octanol–water partition coefficient (Wildman–Crippen LogP) is 3.28. The average molecular weight is 285 g/mol. The Bertz CT molecular complexity index is 656. The number of para-hydroxylation sites is 1. The van der Waals surface area contributed by atoms with E-state index < -0.39 is 4.92 Å². The molecular weight excluding hydrogens is 270 g/mol. The third-order valence-corrected chi connectivity index (χ3v) is 2.86. The van der Waals surface area contributed by atoms with Crippen molar-refractivity contribution < 1.29 is 9.72 Å². The molecule has 2 aromatic rings. The largest absolute Gasteiger partial charge is 0.380 e. The van der Waals surface area contributed by atoms with Crippen LogP contribution >= 0.6 is 0 Å². The van der Waals surface area contributed by atoms with Gasteiger partial charge in [0.1, 0.15) is 5.69 Å². The summed E-state index contributed by atoms with van der Waals surface area (Å²) < 4.78 is 0. The Kier molecular flexibility index (Phi) is 4.50. The number of nitrogens with one attached hydrogen (secondary N) is 2. The van der Waals surface area contributed by atoms with Gasteiger partial charge in [-0.2, -0.15) is 0 Å². The van der Waals surface area contributed by atoms with Crippen LogP contribution in [-0.4, -0.2) is 17.4 Å². The first-order chi connectivity index (χ1) is 10.1. The molecule has 0 spiro atoms. The fraction of sp³-hybridized carbons (Fsp3) is 0.133. The van der Waals surface area contributed by atoms with Crippen molar-refractivity contribution >= 4 is 23.0 Å². The molecule has 21 heavy (non-hydrogen) atoms. The maximum atomic E-state index is 12.1. The zero-order chi connectivity index (χ0) is 15.2. The highest BCUT2D eigenvalue weighted by atomic mass is 16.6. The Morgan fingerprint density at radius 2 is 1.90 bits per heavy atom. The maximum Gasteiger partial charge on any atom is 0.293 e. The summed E-state index contributed by atoms with van der Waals surface area (Å²) in [5, 5.41) is 16.7. The molecule has 1 amide bonds. The third-order valence-electron chi connectivity index (χ3n) is 2.86. The van der Waals surface area contributed by atoms with E-state index in [2.05, 4.69) is 10.6 Å². The van der Waals surface area contributed by atoms with Crippen molar-refractivity contribution in [2.75, 3.05) is 17.2 Å². The second kappa shape index (κ2) is 6.51. The molecule has 2 N–H and O–H groups in total. The van der Waals surface area contributed by atoms with Gasteiger partial charge in [-0.25, -0.2) is 0 Å². The molecule has 0 unspecified atom stereocenters. The Labute approximate surface area is 121 Å². The first-order valence-electron chi connectivity index (χ1n) is 6.50. The van der Waals surface area contributed by atoms with Gasteiger partial charge in [0, 0.05) is 23.9 Å². The summed E-state index contributed by atoms with van der Waals surface area (Å²) in [6.45, 7) is 2.41. The van der Waals surface area contributed by atoms with Crippen LogP contribution in [0, 0.1) is 10.1 Å². The quantitative estimate of drug-likeness (QED) is 0.652. The SMILES string of the molecule is CCNc1ccc(C(=O)Nc2ccccc2)cc1[N+](=O)[O-]. The Balaban J connectivity index is 2.25. The first-order valence-corrected chi connectivity index (χ1v) is 6.50. The van der Waals surface area contributed by atoms with Crippen LogP contribution in [0.1, 0.15) is 17.3 Å². The fourth-order valence-corrected chi connectivity index (χ4v) is 1.89. The summed E-state index contributed by atoms with van der Waals surface area (Å²) in [5.74, 6) is -0.382. The van der Waals surface area contributed by atoms with Crippen molar-refractivity contribution in [3.8, 4) is 0 Å². The highest BCUT2D eigenvalue weighted by Gasteiger charge is 2.17. The normalized spacial score (nSPS) is 9.95. The number of carbonyl (C=O) groups excluding carboxylic acids is 1. The molecule has 0 bridgehead atoms. The lowest BCUT2D eigenvalue weighted by molar-refractivity contribution is -0.384. The highest BCUT2D eigenvalue weighted by molar-refractivity contribution is 6.05. The predicted molar refractivity (Wildman–Crippen MR) is 81.7 cm³/mol. The number of hydrogen-bond donors (Lipinski definition) is 2. The fourth-order valence-electron chi connectivity index (χ4n) is 1.89. The molecule has 0 aliphatic carbocycles. The van der Waals surface area contributed by atoms with Crippen LogP contribution in [0.3, 0.4) is 0 Å². The second-order valence-electron chi connectivity index (χ2n) is 4.34.